The van der Waals surface area contributed by atoms with E-state index in [0.29, 0.717) is 5.92 Å². The molecule has 0 bridgehead atoms. The van der Waals surface area contributed by atoms with Gasteiger partial charge in [0.05, 0.1) is 8.02 Å². The third kappa shape index (κ3) is 2.32. The zero-order chi connectivity index (χ0) is 19.5. The highest BCUT2D eigenvalue weighted by atomic mass is 15.4. The molecule has 5 rings (SSSR count). The predicted molar refractivity (Wildman–Crippen MR) is 114 cm³/mol. The lowest BCUT2D eigenvalue weighted by atomic mass is 9.65. The standard InChI is InChI=1S/C25H30N2/c1-18-11-7-9-15-22(18)26-17-27-23-16-10-8-14-21(23)25(3,24(27)19(26)2)20-12-5-4-6-13-20/h7-11,14-16,20H,4-6,12-13,17H2,1-3H3/i17D. The summed E-state index contributed by atoms with van der Waals surface area (Å²) in [6.45, 7) is 6.39. The van der Waals surface area contributed by atoms with Crippen LogP contribution in [0.15, 0.2) is 59.9 Å². The number of allylic oxidation sites excluding steroid dienone is 2. The lowest BCUT2D eigenvalue weighted by Crippen LogP contribution is -2.35. The van der Waals surface area contributed by atoms with E-state index in [0.717, 1.165) is 5.69 Å². The Kier molecular flexibility index (Phi) is 3.60. The summed E-state index contributed by atoms with van der Waals surface area (Å²) >= 11 is 0. The number of para-hydroxylation sites is 2. The highest BCUT2D eigenvalue weighted by Crippen LogP contribution is 2.58. The molecule has 2 aliphatic heterocycles. The lowest BCUT2D eigenvalue weighted by Gasteiger charge is -2.39. The highest BCUT2D eigenvalue weighted by Gasteiger charge is 2.52. The summed E-state index contributed by atoms with van der Waals surface area (Å²) < 4.78 is 9.21. The van der Waals surface area contributed by atoms with Crippen LogP contribution in [-0.4, -0.2) is 6.64 Å². The minimum absolute atomic E-state index is 0.00215. The number of benzene rings is 2. The van der Waals surface area contributed by atoms with Crippen LogP contribution in [0.1, 0.15) is 58.4 Å². The fraction of sp³-hybridized carbons (Fsp3) is 0.440. The second-order valence-corrected chi connectivity index (χ2v) is 8.63. The smallest absolute Gasteiger partial charge is 0.0995 e. The average Bonchev–Trinajstić information content (AvgIpc) is 3.15. The van der Waals surface area contributed by atoms with Crippen molar-refractivity contribution in [1.29, 1.82) is 0 Å². The second-order valence-electron chi connectivity index (χ2n) is 8.63. The van der Waals surface area contributed by atoms with Crippen molar-refractivity contribution in [3.05, 3.63) is 71.1 Å². The topological polar surface area (TPSA) is 6.48 Å². The largest absolute Gasteiger partial charge is 0.325 e. The molecule has 2 heterocycles. The molecular formula is C25H30N2. The summed E-state index contributed by atoms with van der Waals surface area (Å²) in [6.07, 6.45) is 6.62. The van der Waals surface area contributed by atoms with Crippen LogP contribution in [0.2, 0.25) is 0 Å². The molecule has 0 saturated heterocycles. The number of fused-ring (bicyclic) bond motifs is 3. The van der Waals surface area contributed by atoms with E-state index in [1.54, 1.807) is 0 Å². The molecule has 2 aromatic rings. The number of hydrogen-bond donors (Lipinski definition) is 0. The van der Waals surface area contributed by atoms with Crippen LogP contribution in [0.25, 0.3) is 0 Å². The van der Waals surface area contributed by atoms with Crippen LogP contribution in [0.3, 0.4) is 0 Å². The summed E-state index contributed by atoms with van der Waals surface area (Å²) in [5, 5.41) is 0. The van der Waals surface area contributed by atoms with Gasteiger partial charge in [-0.25, -0.2) is 0 Å². The van der Waals surface area contributed by atoms with Crippen molar-refractivity contribution in [2.24, 2.45) is 5.92 Å². The van der Waals surface area contributed by atoms with E-state index in [1.807, 2.05) is 0 Å². The van der Waals surface area contributed by atoms with Crippen molar-refractivity contribution in [2.45, 2.75) is 58.3 Å². The molecule has 1 aliphatic carbocycles. The van der Waals surface area contributed by atoms with Crippen LogP contribution in [0, 0.1) is 12.8 Å². The molecule has 0 radical (unpaired) electrons. The summed E-state index contributed by atoms with van der Waals surface area (Å²) in [6, 6.07) is 17.3. The molecule has 2 nitrogen and oxygen atoms in total. The van der Waals surface area contributed by atoms with Gasteiger partial charge in [0.15, 0.2) is 0 Å². The van der Waals surface area contributed by atoms with E-state index in [9.17, 15) is 1.37 Å². The van der Waals surface area contributed by atoms with Gasteiger partial charge in [0.25, 0.3) is 0 Å². The third-order valence-corrected chi connectivity index (χ3v) is 7.19. The van der Waals surface area contributed by atoms with Crippen molar-refractivity contribution in [1.82, 2.24) is 0 Å². The van der Waals surface area contributed by atoms with Gasteiger partial charge in [-0.05, 0) is 62.8 Å². The molecule has 2 atom stereocenters. The van der Waals surface area contributed by atoms with Crippen LogP contribution >= 0.6 is 0 Å². The summed E-state index contributed by atoms with van der Waals surface area (Å²) in [7, 11) is 0. The third-order valence-electron chi connectivity index (χ3n) is 7.19. The quantitative estimate of drug-likeness (QED) is 0.615. The van der Waals surface area contributed by atoms with E-state index in [2.05, 4.69) is 79.1 Å². The van der Waals surface area contributed by atoms with Gasteiger partial charge in [0.1, 0.15) is 0 Å². The summed E-state index contributed by atoms with van der Waals surface area (Å²) in [5.41, 5.74) is 7.66. The van der Waals surface area contributed by atoms with E-state index >= 15 is 0 Å². The van der Waals surface area contributed by atoms with Gasteiger partial charge in [0, 0.05) is 28.2 Å². The second kappa shape index (κ2) is 6.15. The van der Waals surface area contributed by atoms with E-state index in [4.69, 9.17) is 0 Å². The average molecular weight is 360 g/mol. The lowest BCUT2D eigenvalue weighted by molar-refractivity contribution is 0.254. The van der Waals surface area contributed by atoms with Gasteiger partial charge in [0.2, 0.25) is 0 Å². The number of rotatable bonds is 2. The fourth-order valence-corrected chi connectivity index (χ4v) is 5.78. The van der Waals surface area contributed by atoms with E-state index in [-0.39, 0.29) is 5.41 Å². The van der Waals surface area contributed by atoms with Gasteiger partial charge in [-0.1, -0.05) is 55.7 Å². The first-order valence-electron chi connectivity index (χ1n) is 11.0. The monoisotopic (exact) mass is 359 g/mol. The molecule has 140 valence electrons. The van der Waals surface area contributed by atoms with Gasteiger partial charge in [-0.2, -0.15) is 0 Å². The van der Waals surface area contributed by atoms with Crippen LogP contribution in [-0.2, 0) is 5.41 Å². The normalized spacial score (nSPS) is 28.4. The first-order chi connectivity index (χ1) is 13.5. The Morgan fingerprint density at radius 2 is 1.56 bits per heavy atom. The van der Waals surface area contributed by atoms with Crippen LogP contribution in [0.4, 0.5) is 11.4 Å². The molecule has 2 heteroatoms. The van der Waals surface area contributed by atoms with Crippen molar-refractivity contribution < 1.29 is 1.37 Å². The molecule has 2 unspecified atom stereocenters. The van der Waals surface area contributed by atoms with Crippen molar-refractivity contribution in [2.75, 3.05) is 16.4 Å². The van der Waals surface area contributed by atoms with Crippen molar-refractivity contribution >= 4 is 11.4 Å². The number of nitrogens with zero attached hydrogens (tertiary/aromatic N) is 2. The molecule has 0 amide bonds. The molecule has 3 aliphatic rings. The highest BCUT2D eigenvalue weighted by molar-refractivity contribution is 5.77. The summed E-state index contributed by atoms with van der Waals surface area (Å²) in [5.74, 6) is 0.654. The van der Waals surface area contributed by atoms with Gasteiger partial charge in [-0.15, -0.1) is 0 Å². The zero-order valence-electron chi connectivity index (χ0n) is 17.7. The molecule has 27 heavy (non-hydrogen) atoms. The maximum absolute atomic E-state index is 9.21. The molecule has 0 spiro atoms. The first-order valence-corrected chi connectivity index (χ1v) is 10.4. The zero-order valence-corrected chi connectivity index (χ0v) is 16.7. The molecule has 2 aromatic carbocycles. The molecule has 0 aromatic heterocycles. The van der Waals surface area contributed by atoms with Gasteiger partial charge in [-0.3, -0.25) is 0 Å². The Bertz CT molecular complexity index is 943. The minimum atomic E-state index is -0.442. The fourth-order valence-electron chi connectivity index (χ4n) is 5.78. The molecule has 1 saturated carbocycles. The van der Waals surface area contributed by atoms with Crippen molar-refractivity contribution in [3.63, 3.8) is 0 Å². The van der Waals surface area contributed by atoms with Gasteiger partial charge < -0.3 is 9.80 Å². The maximum atomic E-state index is 9.21. The minimum Gasteiger partial charge on any atom is -0.325 e. The molecule has 0 N–H and O–H groups in total. The predicted octanol–water partition coefficient (Wildman–Crippen LogP) is 6.36. The maximum Gasteiger partial charge on any atom is 0.0995 e. The first kappa shape index (κ1) is 15.8. The summed E-state index contributed by atoms with van der Waals surface area (Å²) in [4.78, 5) is 4.55. The van der Waals surface area contributed by atoms with Crippen molar-refractivity contribution in [3.8, 4) is 0 Å². The van der Waals surface area contributed by atoms with E-state index < -0.39 is 6.64 Å². The van der Waals surface area contributed by atoms with Crippen LogP contribution < -0.4 is 9.80 Å². The Hall–Kier alpha value is -2.22. The Balaban J connectivity index is 1.71. The number of aryl methyl sites for hydroxylation is 1. The number of hydrogen-bond acceptors (Lipinski definition) is 2. The molecular weight excluding hydrogens is 328 g/mol. The van der Waals surface area contributed by atoms with Crippen LogP contribution in [0.5, 0.6) is 0 Å². The Morgan fingerprint density at radius 3 is 2.30 bits per heavy atom. The Labute approximate surface area is 164 Å². The SMILES string of the molecule is [2H]C1N(c2ccccc2C)C(C)=C2N1c1ccccc1C2(C)C1CCCCC1. The Morgan fingerprint density at radius 1 is 0.889 bits per heavy atom. The van der Waals surface area contributed by atoms with Gasteiger partial charge >= 0.3 is 0 Å². The van der Waals surface area contributed by atoms with E-state index in [1.165, 1.54) is 60.3 Å². The number of anilines is 2. The molecule has 1 fully saturated rings.